The third kappa shape index (κ3) is 2.87. The zero-order chi connectivity index (χ0) is 24.2. The van der Waals surface area contributed by atoms with Crippen molar-refractivity contribution in [2.75, 3.05) is 14.1 Å². The van der Waals surface area contributed by atoms with Crippen LogP contribution < -0.4 is 5.43 Å². The Kier molecular flexibility index (Phi) is 4.84. The second-order valence-electron chi connectivity index (χ2n) is 8.67. The standard InChI is InChI=1S/C27H23N5O2S/c1-30-25(34)31(2)27(21-16-10-5-11-17-21)26(30,20-14-8-4-9-15-20)28-24-32(29-27)23(33)18-22(35-24)19-12-6-3-7-13-19/h3-18,29H,1-2H3. The zero-order valence-electron chi connectivity index (χ0n) is 19.3. The highest BCUT2D eigenvalue weighted by molar-refractivity contribution is 8.21. The van der Waals surface area contributed by atoms with Crippen LogP contribution in [0.1, 0.15) is 16.7 Å². The van der Waals surface area contributed by atoms with Crippen LogP contribution in [0.25, 0.3) is 4.91 Å². The number of hydrogen-bond donors (Lipinski definition) is 1. The van der Waals surface area contributed by atoms with Crippen LogP contribution in [0.4, 0.5) is 4.79 Å². The van der Waals surface area contributed by atoms with Gasteiger partial charge in [0.05, 0.1) is 0 Å². The van der Waals surface area contributed by atoms with Gasteiger partial charge < -0.3 is 0 Å². The van der Waals surface area contributed by atoms with Crippen LogP contribution in [0, 0.1) is 0 Å². The van der Waals surface area contributed by atoms with Gasteiger partial charge >= 0.3 is 6.03 Å². The maximum Gasteiger partial charge on any atom is 0.323 e. The number of rotatable bonds is 3. The van der Waals surface area contributed by atoms with Gasteiger partial charge in [-0.2, -0.15) is 5.43 Å². The van der Waals surface area contributed by atoms with Crippen molar-refractivity contribution in [3.8, 4) is 0 Å². The monoisotopic (exact) mass is 481 g/mol. The molecule has 3 amide bonds. The average molecular weight is 482 g/mol. The molecular weight excluding hydrogens is 458 g/mol. The summed E-state index contributed by atoms with van der Waals surface area (Å²) < 4.78 is 0. The largest absolute Gasteiger partial charge is 0.323 e. The van der Waals surface area contributed by atoms with Crippen LogP contribution in [0.3, 0.4) is 0 Å². The third-order valence-electron chi connectivity index (χ3n) is 6.89. The van der Waals surface area contributed by atoms with Gasteiger partial charge in [0, 0.05) is 30.6 Å². The van der Waals surface area contributed by atoms with Crippen molar-refractivity contribution in [3.05, 3.63) is 114 Å². The summed E-state index contributed by atoms with van der Waals surface area (Å²) in [7, 11) is 3.51. The minimum absolute atomic E-state index is 0.205. The Labute approximate surface area is 207 Å². The molecule has 1 fully saturated rings. The van der Waals surface area contributed by atoms with E-state index in [0.29, 0.717) is 5.17 Å². The number of amidine groups is 1. The van der Waals surface area contributed by atoms with E-state index in [4.69, 9.17) is 4.99 Å². The first-order valence-electron chi connectivity index (χ1n) is 11.3. The average Bonchev–Trinajstić information content (AvgIpc) is 3.08. The Balaban J connectivity index is 1.63. The molecule has 3 heterocycles. The normalized spacial score (nSPS) is 25.7. The number of likely N-dealkylation sites (N-methyl/N-ethyl adjacent to an activating group) is 2. The lowest BCUT2D eigenvalue weighted by Crippen LogP contribution is -2.72. The molecule has 2 unspecified atom stereocenters. The maximum absolute atomic E-state index is 13.6. The number of nitrogens with one attached hydrogen (secondary N) is 1. The molecule has 1 N–H and O–H groups in total. The van der Waals surface area contributed by atoms with E-state index in [1.54, 1.807) is 30.0 Å². The van der Waals surface area contributed by atoms with E-state index in [1.165, 1.54) is 16.8 Å². The number of hydrazine groups is 1. The van der Waals surface area contributed by atoms with E-state index < -0.39 is 11.3 Å². The number of thioether (sulfide) groups is 1. The van der Waals surface area contributed by atoms with E-state index in [-0.39, 0.29) is 11.9 Å². The number of nitrogens with zero attached hydrogens (tertiary/aromatic N) is 4. The quantitative estimate of drug-likeness (QED) is 0.610. The van der Waals surface area contributed by atoms with Gasteiger partial charge in [-0.05, 0) is 22.9 Å². The molecule has 0 saturated carbocycles. The third-order valence-corrected chi connectivity index (χ3v) is 7.92. The fourth-order valence-electron chi connectivity index (χ4n) is 5.23. The van der Waals surface area contributed by atoms with E-state index in [0.717, 1.165) is 21.6 Å². The molecule has 1 saturated heterocycles. The van der Waals surface area contributed by atoms with Crippen molar-refractivity contribution >= 4 is 33.8 Å². The number of carbonyl (C=O) groups excluding carboxylic acids is 2. The Morgan fingerprint density at radius 2 is 1.34 bits per heavy atom. The maximum atomic E-state index is 13.6. The molecule has 0 spiro atoms. The molecule has 3 aliphatic heterocycles. The Bertz CT molecular complexity index is 1380. The van der Waals surface area contributed by atoms with Gasteiger partial charge in [-0.25, -0.2) is 14.8 Å². The van der Waals surface area contributed by atoms with Gasteiger partial charge in [0.25, 0.3) is 5.91 Å². The summed E-state index contributed by atoms with van der Waals surface area (Å²) in [5.41, 5.74) is 3.74. The fourth-order valence-corrected chi connectivity index (χ4v) is 6.25. The molecule has 0 bridgehead atoms. The molecule has 3 aromatic rings. The van der Waals surface area contributed by atoms with Gasteiger partial charge in [-0.3, -0.25) is 14.6 Å². The number of carbonyl (C=O) groups is 2. The molecule has 174 valence electrons. The van der Waals surface area contributed by atoms with Crippen LogP contribution in [0.5, 0.6) is 0 Å². The predicted octanol–water partition coefficient (Wildman–Crippen LogP) is 4.18. The second-order valence-corrected chi connectivity index (χ2v) is 9.68. The van der Waals surface area contributed by atoms with Crippen LogP contribution in [0.2, 0.25) is 0 Å². The topological polar surface area (TPSA) is 68.2 Å². The lowest BCUT2D eigenvalue weighted by atomic mass is 9.80. The lowest BCUT2D eigenvalue weighted by Gasteiger charge is -2.53. The van der Waals surface area contributed by atoms with Crippen molar-refractivity contribution < 1.29 is 9.59 Å². The van der Waals surface area contributed by atoms with Crippen LogP contribution in [-0.4, -0.2) is 46.0 Å². The summed E-state index contributed by atoms with van der Waals surface area (Å²) in [5.74, 6) is -0.242. The summed E-state index contributed by atoms with van der Waals surface area (Å²) in [6.07, 6.45) is 1.61. The van der Waals surface area contributed by atoms with Crippen molar-refractivity contribution in [2.45, 2.75) is 11.3 Å². The van der Waals surface area contributed by atoms with Gasteiger partial charge in [-0.15, -0.1) is 0 Å². The minimum atomic E-state index is -1.17. The van der Waals surface area contributed by atoms with Crippen molar-refractivity contribution in [1.82, 2.24) is 20.2 Å². The zero-order valence-corrected chi connectivity index (χ0v) is 20.1. The number of benzene rings is 3. The smallest absolute Gasteiger partial charge is 0.299 e. The molecule has 8 heteroatoms. The number of urea groups is 1. The van der Waals surface area contributed by atoms with Gasteiger partial charge in [-0.1, -0.05) is 91.0 Å². The Morgan fingerprint density at radius 1 is 0.771 bits per heavy atom. The summed E-state index contributed by atoms with van der Waals surface area (Å²) in [6.45, 7) is 0. The predicted molar refractivity (Wildman–Crippen MR) is 137 cm³/mol. The number of fused-ring (bicyclic) bond motifs is 2. The molecule has 35 heavy (non-hydrogen) atoms. The van der Waals surface area contributed by atoms with Crippen LogP contribution >= 0.6 is 11.8 Å². The van der Waals surface area contributed by atoms with Crippen LogP contribution in [-0.2, 0) is 16.1 Å². The molecule has 7 nitrogen and oxygen atoms in total. The van der Waals surface area contributed by atoms with E-state index in [2.05, 4.69) is 5.43 Å². The summed E-state index contributed by atoms with van der Waals surface area (Å²) in [4.78, 5) is 36.5. The van der Waals surface area contributed by atoms with Crippen LogP contribution in [0.15, 0.2) is 102 Å². The SMILES string of the molecule is CN1C(=O)N(C)C2(c3ccccc3)NN3C(=O)C=C(c4ccccc4)SC3=NC12c1ccccc1. The highest BCUT2D eigenvalue weighted by Gasteiger charge is 2.70. The van der Waals surface area contributed by atoms with Gasteiger partial charge in [0.2, 0.25) is 5.66 Å². The highest BCUT2D eigenvalue weighted by Crippen LogP contribution is 2.56. The first-order valence-corrected chi connectivity index (χ1v) is 12.1. The summed E-state index contributed by atoms with van der Waals surface area (Å²) in [5, 5.41) is 1.95. The first kappa shape index (κ1) is 21.6. The lowest BCUT2D eigenvalue weighted by molar-refractivity contribution is -0.131. The van der Waals surface area contributed by atoms with E-state index >= 15 is 0 Å². The number of hydrogen-bond acceptors (Lipinski definition) is 5. The fraction of sp³-hybridized carbons (Fsp3) is 0.148. The summed E-state index contributed by atoms with van der Waals surface area (Å²) in [6, 6.07) is 29.0. The Hall–Kier alpha value is -3.88. The molecule has 3 aromatic carbocycles. The van der Waals surface area contributed by atoms with E-state index in [1.807, 2.05) is 91.0 Å². The number of aliphatic imine (C=N–C) groups is 1. The molecule has 3 aliphatic rings. The minimum Gasteiger partial charge on any atom is -0.299 e. The van der Waals surface area contributed by atoms with Crippen molar-refractivity contribution in [1.29, 1.82) is 0 Å². The molecule has 6 rings (SSSR count). The van der Waals surface area contributed by atoms with E-state index in [9.17, 15) is 9.59 Å². The Morgan fingerprint density at radius 3 is 1.97 bits per heavy atom. The van der Waals surface area contributed by atoms with Crippen molar-refractivity contribution in [2.24, 2.45) is 4.99 Å². The molecule has 0 aliphatic carbocycles. The highest BCUT2D eigenvalue weighted by atomic mass is 32.2. The van der Waals surface area contributed by atoms with Crippen molar-refractivity contribution in [3.63, 3.8) is 0 Å². The molecular formula is C27H23N5O2S. The first-order chi connectivity index (χ1) is 17.0. The molecule has 0 radical (unpaired) electrons. The second kappa shape index (κ2) is 7.83. The summed E-state index contributed by atoms with van der Waals surface area (Å²) >= 11 is 1.41. The number of amides is 3. The molecule has 0 aromatic heterocycles. The van der Waals surface area contributed by atoms with Gasteiger partial charge in [0.1, 0.15) is 0 Å². The van der Waals surface area contributed by atoms with Gasteiger partial charge in [0.15, 0.2) is 10.8 Å². The molecule has 2 atom stereocenters.